The van der Waals surface area contributed by atoms with Crippen molar-refractivity contribution < 1.29 is 9.53 Å². The minimum atomic E-state index is 0.0902. The molecule has 1 aromatic rings. The predicted octanol–water partition coefficient (Wildman–Crippen LogP) is 2.35. The number of nitrogens with one attached hydrogen (secondary N) is 1. The van der Waals surface area contributed by atoms with Crippen molar-refractivity contribution in [2.75, 3.05) is 20.3 Å². The van der Waals surface area contributed by atoms with Crippen molar-refractivity contribution >= 4 is 17.2 Å². The molecule has 0 aliphatic rings. The van der Waals surface area contributed by atoms with Crippen LogP contribution in [0.25, 0.3) is 0 Å². The molecule has 5 heteroatoms. The second kappa shape index (κ2) is 8.21. The number of carbonyl (C=O) groups excluding carboxylic acids is 1. The molecular formula is C13H22N2O2S. The average Bonchev–Trinajstić information content (AvgIpc) is 2.81. The Morgan fingerprint density at radius 3 is 2.94 bits per heavy atom. The highest BCUT2D eigenvalue weighted by Gasteiger charge is 2.07. The number of thiazole rings is 1. The fourth-order valence-electron chi connectivity index (χ4n) is 1.46. The van der Waals surface area contributed by atoms with Crippen molar-refractivity contribution in [3.05, 3.63) is 16.1 Å². The van der Waals surface area contributed by atoms with Crippen molar-refractivity contribution in [3.8, 4) is 0 Å². The van der Waals surface area contributed by atoms with Crippen LogP contribution < -0.4 is 5.32 Å². The van der Waals surface area contributed by atoms with Crippen LogP contribution in [0.4, 0.5) is 0 Å². The average molecular weight is 270 g/mol. The number of rotatable bonds is 8. The number of hydrogen-bond acceptors (Lipinski definition) is 4. The van der Waals surface area contributed by atoms with Gasteiger partial charge in [-0.15, -0.1) is 11.3 Å². The molecule has 0 saturated heterocycles. The van der Waals surface area contributed by atoms with E-state index in [1.54, 1.807) is 18.4 Å². The van der Waals surface area contributed by atoms with Crippen LogP contribution in [-0.4, -0.2) is 31.2 Å². The number of aryl methyl sites for hydroxylation is 1. The summed E-state index contributed by atoms with van der Waals surface area (Å²) in [5.41, 5.74) is 1.12. The Morgan fingerprint density at radius 1 is 1.56 bits per heavy atom. The van der Waals surface area contributed by atoms with Gasteiger partial charge in [0.25, 0.3) is 0 Å². The fourth-order valence-corrected chi connectivity index (χ4v) is 2.42. The number of methoxy groups -OCH3 is 1. The molecule has 0 fully saturated rings. The molecule has 0 unspecified atom stereocenters. The molecule has 0 bridgehead atoms. The van der Waals surface area contributed by atoms with Crippen LogP contribution >= 0.6 is 11.3 Å². The van der Waals surface area contributed by atoms with Crippen LogP contribution in [0.15, 0.2) is 5.38 Å². The largest absolute Gasteiger partial charge is 0.385 e. The molecule has 102 valence electrons. The van der Waals surface area contributed by atoms with E-state index in [0.717, 1.165) is 23.5 Å². The Hall–Kier alpha value is -0.940. The zero-order chi connectivity index (χ0) is 13.4. The smallest absolute Gasteiger partial charge is 0.220 e. The van der Waals surface area contributed by atoms with Gasteiger partial charge in [0.1, 0.15) is 0 Å². The van der Waals surface area contributed by atoms with Gasteiger partial charge < -0.3 is 10.1 Å². The third kappa shape index (κ3) is 5.60. The number of carbonyl (C=O) groups is 1. The Bertz CT molecular complexity index is 364. The second-order valence-electron chi connectivity index (χ2n) is 4.52. The van der Waals surface area contributed by atoms with Gasteiger partial charge in [-0.3, -0.25) is 4.79 Å². The van der Waals surface area contributed by atoms with E-state index in [4.69, 9.17) is 4.74 Å². The van der Waals surface area contributed by atoms with Crippen molar-refractivity contribution in [2.24, 2.45) is 0 Å². The van der Waals surface area contributed by atoms with Crippen LogP contribution in [0, 0.1) is 0 Å². The Morgan fingerprint density at radius 2 is 2.33 bits per heavy atom. The minimum Gasteiger partial charge on any atom is -0.385 e. The third-order valence-corrected chi connectivity index (χ3v) is 3.50. The summed E-state index contributed by atoms with van der Waals surface area (Å²) in [5, 5.41) is 6.00. The Kier molecular flexibility index (Phi) is 6.90. The summed E-state index contributed by atoms with van der Waals surface area (Å²) in [7, 11) is 1.66. The van der Waals surface area contributed by atoms with Gasteiger partial charge in [-0.1, -0.05) is 13.8 Å². The van der Waals surface area contributed by atoms with Crippen LogP contribution in [0.5, 0.6) is 0 Å². The Balaban J connectivity index is 2.21. The van der Waals surface area contributed by atoms with Crippen LogP contribution in [0.2, 0.25) is 0 Å². The summed E-state index contributed by atoms with van der Waals surface area (Å²) in [6.45, 7) is 5.62. The Labute approximate surface area is 113 Å². The number of ether oxygens (including phenoxy) is 1. The first-order valence-electron chi connectivity index (χ1n) is 6.33. The lowest BCUT2D eigenvalue weighted by Gasteiger charge is -2.03. The minimum absolute atomic E-state index is 0.0902. The quantitative estimate of drug-likeness (QED) is 0.738. The van der Waals surface area contributed by atoms with E-state index in [1.165, 1.54) is 0 Å². The summed E-state index contributed by atoms with van der Waals surface area (Å²) in [5.74, 6) is 0.547. The molecule has 0 aliphatic heterocycles. The number of hydrogen-bond donors (Lipinski definition) is 1. The standard InChI is InChI=1S/C13H22N2O2S/c1-10(2)11-9-18-13(15-11)6-5-12(16)14-7-4-8-17-3/h9-10H,4-8H2,1-3H3,(H,14,16). The second-order valence-corrected chi connectivity index (χ2v) is 5.46. The van der Waals surface area contributed by atoms with Gasteiger partial charge in [0.2, 0.25) is 5.91 Å². The van der Waals surface area contributed by atoms with E-state index >= 15 is 0 Å². The lowest BCUT2D eigenvalue weighted by molar-refractivity contribution is -0.121. The summed E-state index contributed by atoms with van der Waals surface area (Å²) in [4.78, 5) is 16.1. The van der Waals surface area contributed by atoms with Gasteiger partial charge in [-0.2, -0.15) is 0 Å². The summed E-state index contributed by atoms with van der Waals surface area (Å²) >= 11 is 1.64. The molecule has 0 radical (unpaired) electrons. The normalized spacial score (nSPS) is 10.9. The summed E-state index contributed by atoms with van der Waals surface area (Å²) in [6.07, 6.45) is 2.10. The van der Waals surface area contributed by atoms with Crippen LogP contribution in [-0.2, 0) is 16.0 Å². The molecule has 0 saturated carbocycles. The van der Waals surface area contributed by atoms with E-state index < -0.39 is 0 Å². The molecule has 18 heavy (non-hydrogen) atoms. The first-order valence-corrected chi connectivity index (χ1v) is 7.21. The van der Waals surface area contributed by atoms with E-state index in [2.05, 4.69) is 29.5 Å². The van der Waals surface area contributed by atoms with E-state index in [0.29, 0.717) is 25.5 Å². The van der Waals surface area contributed by atoms with Crippen molar-refractivity contribution in [1.82, 2.24) is 10.3 Å². The molecular weight excluding hydrogens is 248 g/mol. The van der Waals surface area contributed by atoms with Crippen LogP contribution in [0.1, 0.15) is 43.3 Å². The topological polar surface area (TPSA) is 51.2 Å². The SMILES string of the molecule is COCCCNC(=O)CCc1nc(C(C)C)cs1. The number of nitrogens with zero attached hydrogens (tertiary/aromatic N) is 1. The van der Waals surface area contributed by atoms with Gasteiger partial charge in [0.05, 0.1) is 10.7 Å². The van der Waals surface area contributed by atoms with E-state index in [9.17, 15) is 4.79 Å². The highest BCUT2D eigenvalue weighted by Crippen LogP contribution is 2.18. The fraction of sp³-hybridized carbons (Fsp3) is 0.692. The van der Waals surface area contributed by atoms with Crippen molar-refractivity contribution in [1.29, 1.82) is 0 Å². The first kappa shape index (κ1) is 15.1. The molecule has 0 aromatic carbocycles. The molecule has 1 amide bonds. The van der Waals surface area contributed by atoms with Gasteiger partial charge in [0.15, 0.2) is 0 Å². The maximum atomic E-state index is 11.5. The van der Waals surface area contributed by atoms with E-state index in [1.807, 2.05) is 0 Å². The maximum Gasteiger partial charge on any atom is 0.220 e. The monoisotopic (exact) mass is 270 g/mol. The predicted molar refractivity (Wildman–Crippen MR) is 74.0 cm³/mol. The van der Waals surface area contributed by atoms with E-state index in [-0.39, 0.29) is 5.91 Å². The molecule has 1 rings (SSSR count). The zero-order valence-electron chi connectivity index (χ0n) is 11.4. The van der Waals surface area contributed by atoms with Crippen molar-refractivity contribution in [2.45, 2.75) is 39.0 Å². The molecule has 1 N–H and O–H groups in total. The molecule has 0 atom stereocenters. The van der Waals surface area contributed by atoms with Gasteiger partial charge in [-0.25, -0.2) is 4.98 Å². The number of aromatic nitrogens is 1. The van der Waals surface area contributed by atoms with Gasteiger partial charge >= 0.3 is 0 Å². The molecule has 4 nitrogen and oxygen atoms in total. The highest BCUT2D eigenvalue weighted by atomic mass is 32.1. The number of amides is 1. The lowest BCUT2D eigenvalue weighted by Crippen LogP contribution is -2.25. The molecule has 1 heterocycles. The first-order chi connectivity index (χ1) is 8.63. The third-order valence-electron chi connectivity index (χ3n) is 2.57. The van der Waals surface area contributed by atoms with Gasteiger partial charge in [-0.05, 0) is 12.3 Å². The maximum absolute atomic E-state index is 11.5. The summed E-state index contributed by atoms with van der Waals surface area (Å²) < 4.78 is 4.92. The summed E-state index contributed by atoms with van der Waals surface area (Å²) in [6, 6.07) is 0. The lowest BCUT2D eigenvalue weighted by atomic mass is 10.2. The molecule has 1 aromatic heterocycles. The molecule has 0 aliphatic carbocycles. The van der Waals surface area contributed by atoms with Gasteiger partial charge in [0, 0.05) is 38.5 Å². The molecule has 0 spiro atoms. The van der Waals surface area contributed by atoms with Crippen LogP contribution in [0.3, 0.4) is 0 Å². The van der Waals surface area contributed by atoms with Crippen molar-refractivity contribution in [3.63, 3.8) is 0 Å². The highest BCUT2D eigenvalue weighted by molar-refractivity contribution is 7.09. The zero-order valence-corrected chi connectivity index (χ0v) is 12.2.